The highest BCUT2D eigenvalue weighted by Crippen LogP contribution is 2.28. The van der Waals surface area contributed by atoms with Crippen molar-refractivity contribution < 1.29 is 9.53 Å². The molecule has 86 valence electrons. The van der Waals surface area contributed by atoms with Gasteiger partial charge >= 0.3 is 0 Å². The number of rotatable bonds is 3. The van der Waals surface area contributed by atoms with Gasteiger partial charge in [-0.25, -0.2) is 0 Å². The fourth-order valence-electron chi connectivity index (χ4n) is 1.91. The summed E-state index contributed by atoms with van der Waals surface area (Å²) in [6.07, 6.45) is 2.09. The first-order chi connectivity index (χ1) is 7.66. The molecule has 1 amide bonds. The maximum atomic E-state index is 10.8. The maximum Gasteiger partial charge on any atom is 0.236 e. The van der Waals surface area contributed by atoms with Gasteiger partial charge in [0, 0.05) is 12.7 Å². The maximum absolute atomic E-state index is 10.8. The van der Waals surface area contributed by atoms with E-state index in [1.807, 2.05) is 24.1 Å². The third-order valence-electron chi connectivity index (χ3n) is 2.73. The van der Waals surface area contributed by atoms with Crippen LogP contribution in [-0.2, 0) is 11.2 Å². The van der Waals surface area contributed by atoms with Crippen LogP contribution in [0.25, 0.3) is 0 Å². The van der Waals surface area contributed by atoms with Crippen LogP contribution in [0.1, 0.15) is 12.0 Å². The second-order valence-corrected chi connectivity index (χ2v) is 4.07. The third kappa shape index (κ3) is 2.27. The van der Waals surface area contributed by atoms with Gasteiger partial charge < -0.3 is 15.4 Å². The van der Waals surface area contributed by atoms with Gasteiger partial charge in [0.25, 0.3) is 0 Å². The Bertz CT molecular complexity index is 404. The van der Waals surface area contributed by atoms with Crippen LogP contribution in [0.4, 0.5) is 5.69 Å². The van der Waals surface area contributed by atoms with Crippen molar-refractivity contribution in [1.82, 2.24) is 0 Å². The predicted molar refractivity (Wildman–Crippen MR) is 62.7 cm³/mol. The number of carbonyl (C=O) groups excluding carboxylic acids is 1. The zero-order valence-electron chi connectivity index (χ0n) is 9.40. The van der Waals surface area contributed by atoms with Gasteiger partial charge in [0.1, 0.15) is 5.75 Å². The molecule has 0 unspecified atom stereocenters. The molecule has 0 bridgehead atoms. The summed E-state index contributed by atoms with van der Waals surface area (Å²) in [7, 11) is 1.86. The van der Waals surface area contributed by atoms with Gasteiger partial charge in [0.05, 0.1) is 13.2 Å². The molecule has 0 aromatic heterocycles. The molecular weight excluding hydrogens is 204 g/mol. The molecule has 1 heterocycles. The molecule has 0 saturated heterocycles. The molecule has 0 aliphatic carbocycles. The molecule has 4 heteroatoms. The van der Waals surface area contributed by atoms with Crippen molar-refractivity contribution in [3.8, 4) is 5.75 Å². The zero-order chi connectivity index (χ0) is 11.5. The van der Waals surface area contributed by atoms with Crippen LogP contribution in [0.15, 0.2) is 18.2 Å². The Morgan fingerprint density at radius 1 is 1.56 bits per heavy atom. The van der Waals surface area contributed by atoms with Crippen molar-refractivity contribution in [2.24, 2.45) is 5.73 Å². The number of aryl methyl sites for hydroxylation is 1. The van der Waals surface area contributed by atoms with E-state index in [4.69, 9.17) is 10.5 Å². The number of primary amides is 1. The zero-order valence-corrected chi connectivity index (χ0v) is 9.40. The molecule has 1 aromatic carbocycles. The molecule has 0 spiro atoms. The van der Waals surface area contributed by atoms with Gasteiger partial charge in [0.2, 0.25) is 5.91 Å². The molecule has 0 atom stereocenters. The van der Waals surface area contributed by atoms with Gasteiger partial charge in [-0.15, -0.1) is 0 Å². The summed E-state index contributed by atoms with van der Waals surface area (Å²) in [6.45, 7) is 1.03. The molecule has 0 saturated carbocycles. The molecule has 2 N–H and O–H groups in total. The SMILES string of the molecule is CN(CC(N)=O)c1ccc2c(c1)CCCO2. The van der Waals surface area contributed by atoms with Crippen molar-refractivity contribution in [2.45, 2.75) is 12.8 Å². The van der Waals surface area contributed by atoms with E-state index in [2.05, 4.69) is 6.07 Å². The highest BCUT2D eigenvalue weighted by molar-refractivity contribution is 5.79. The van der Waals surface area contributed by atoms with Crippen LogP contribution in [0, 0.1) is 0 Å². The molecular formula is C12H16N2O2. The standard InChI is InChI=1S/C12H16N2O2/c1-14(8-12(13)15)10-4-5-11-9(7-10)3-2-6-16-11/h4-5,7H,2-3,6,8H2,1H3,(H2,13,15). The molecule has 1 aliphatic heterocycles. The summed E-state index contributed by atoms with van der Waals surface area (Å²) >= 11 is 0. The molecule has 1 aromatic rings. The van der Waals surface area contributed by atoms with Crippen LogP contribution < -0.4 is 15.4 Å². The Kier molecular flexibility index (Phi) is 2.99. The van der Waals surface area contributed by atoms with Crippen LogP contribution in [0.3, 0.4) is 0 Å². The number of carbonyl (C=O) groups is 1. The van der Waals surface area contributed by atoms with E-state index in [9.17, 15) is 4.79 Å². The number of fused-ring (bicyclic) bond motifs is 1. The minimum absolute atomic E-state index is 0.236. The number of hydrogen-bond donors (Lipinski definition) is 1. The van der Waals surface area contributed by atoms with Crippen molar-refractivity contribution in [3.63, 3.8) is 0 Å². The van der Waals surface area contributed by atoms with Gasteiger partial charge in [-0.05, 0) is 36.6 Å². The summed E-state index contributed by atoms with van der Waals surface area (Å²) in [5.74, 6) is 0.638. The second kappa shape index (κ2) is 4.43. The van der Waals surface area contributed by atoms with Gasteiger partial charge in [0.15, 0.2) is 0 Å². The lowest BCUT2D eigenvalue weighted by molar-refractivity contribution is -0.116. The van der Waals surface area contributed by atoms with Crippen molar-refractivity contribution >= 4 is 11.6 Å². The fraction of sp³-hybridized carbons (Fsp3) is 0.417. The van der Waals surface area contributed by atoms with E-state index >= 15 is 0 Å². The highest BCUT2D eigenvalue weighted by atomic mass is 16.5. The number of nitrogens with two attached hydrogens (primary N) is 1. The molecule has 16 heavy (non-hydrogen) atoms. The number of ether oxygens (including phenoxy) is 1. The van der Waals surface area contributed by atoms with E-state index in [0.29, 0.717) is 0 Å². The van der Waals surface area contributed by atoms with Crippen molar-refractivity contribution in [1.29, 1.82) is 0 Å². The Morgan fingerprint density at radius 2 is 2.38 bits per heavy atom. The first-order valence-electron chi connectivity index (χ1n) is 5.42. The summed E-state index contributed by atoms with van der Waals surface area (Å²) in [5, 5.41) is 0. The van der Waals surface area contributed by atoms with Crippen LogP contribution in [-0.4, -0.2) is 26.1 Å². The smallest absolute Gasteiger partial charge is 0.236 e. The van der Waals surface area contributed by atoms with Crippen molar-refractivity contribution in [3.05, 3.63) is 23.8 Å². The van der Waals surface area contributed by atoms with E-state index in [1.54, 1.807) is 0 Å². The van der Waals surface area contributed by atoms with Gasteiger partial charge in [-0.2, -0.15) is 0 Å². The quantitative estimate of drug-likeness (QED) is 0.824. The number of likely N-dealkylation sites (N-methyl/N-ethyl adjacent to an activating group) is 1. The predicted octanol–water partition coefficient (Wildman–Crippen LogP) is 0.933. The monoisotopic (exact) mass is 220 g/mol. The molecule has 4 nitrogen and oxygen atoms in total. The fourth-order valence-corrected chi connectivity index (χ4v) is 1.91. The summed E-state index contributed by atoms with van der Waals surface area (Å²) < 4.78 is 5.53. The highest BCUT2D eigenvalue weighted by Gasteiger charge is 2.12. The lowest BCUT2D eigenvalue weighted by atomic mass is 10.1. The minimum atomic E-state index is -0.323. The number of nitrogens with zero attached hydrogens (tertiary/aromatic N) is 1. The number of hydrogen-bond acceptors (Lipinski definition) is 3. The molecule has 0 fully saturated rings. The van der Waals surface area contributed by atoms with Gasteiger partial charge in [-0.3, -0.25) is 4.79 Å². The number of amides is 1. The lowest BCUT2D eigenvalue weighted by Crippen LogP contribution is -2.30. The first kappa shape index (κ1) is 10.8. The van der Waals surface area contributed by atoms with E-state index in [0.717, 1.165) is 30.9 Å². The van der Waals surface area contributed by atoms with Crippen molar-refractivity contribution in [2.75, 3.05) is 25.1 Å². The Labute approximate surface area is 95.0 Å². The van der Waals surface area contributed by atoms with E-state index < -0.39 is 0 Å². The largest absolute Gasteiger partial charge is 0.493 e. The lowest BCUT2D eigenvalue weighted by Gasteiger charge is -2.22. The van der Waals surface area contributed by atoms with E-state index in [-0.39, 0.29) is 12.5 Å². The van der Waals surface area contributed by atoms with Crippen LogP contribution >= 0.6 is 0 Å². The van der Waals surface area contributed by atoms with E-state index in [1.165, 1.54) is 5.56 Å². The number of anilines is 1. The second-order valence-electron chi connectivity index (χ2n) is 4.07. The molecule has 0 radical (unpaired) electrons. The molecule has 1 aliphatic rings. The minimum Gasteiger partial charge on any atom is -0.493 e. The average Bonchev–Trinajstić information content (AvgIpc) is 2.27. The third-order valence-corrected chi connectivity index (χ3v) is 2.73. The average molecular weight is 220 g/mol. The van der Waals surface area contributed by atoms with Crippen LogP contribution in [0.2, 0.25) is 0 Å². The first-order valence-corrected chi connectivity index (χ1v) is 5.42. The number of benzene rings is 1. The summed E-state index contributed by atoms with van der Waals surface area (Å²) in [5.41, 5.74) is 7.37. The Hall–Kier alpha value is -1.71. The molecule has 2 rings (SSSR count). The normalized spacial score (nSPS) is 13.8. The summed E-state index contributed by atoms with van der Waals surface area (Å²) in [4.78, 5) is 12.7. The Balaban J connectivity index is 2.19. The van der Waals surface area contributed by atoms with Crippen LogP contribution in [0.5, 0.6) is 5.75 Å². The summed E-state index contributed by atoms with van der Waals surface area (Å²) in [6, 6.07) is 5.98. The topological polar surface area (TPSA) is 55.6 Å². The van der Waals surface area contributed by atoms with Gasteiger partial charge in [-0.1, -0.05) is 0 Å². The Morgan fingerprint density at radius 3 is 3.12 bits per heavy atom.